The smallest absolute Gasteiger partial charge is 0.410 e. The number of aliphatic hydroxyl groups excluding tert-OH is 2. The molecular weight excluding hydrogens is 673 g/mol. The first-order valence-corrected chi connectivity index (χ1v) is 18.2. The highest BCUT2D eigenvalue weighted by Gasteiger charge is 2.47. The first kappa shape index (κ1) is 42.9. The number of rotatable bonds is 12. The molecule has 10 unspecified atom stereocenters. The molecule has 2 saturated heterocycles. The Balaban J connectivity index is 1.69. The van der Waals surface area contributed by atoms with Gasteiger partial charge in [0.15, 0.2) is 6.10 Å². The third kappa shape index (κ3) is 14.1. The van der Waals surface area contributed by atoms with Gasteiger partial charge in [0.1, 0.15) is 11.7 Å². The van der Waals surface area contributed by atoms with E-state index in [4.69, 9.17) is 14.2 Å². The number of halogens is 3. The number of esters is 1. The van der Waals surface area contributed by atoms with Crippen LogP contribution < -0.4 is 0 Å². The molecule has 4 N–H and O–H groups in total. The fraction of sp³-hybridized carbons (Fsp3) is 0.784. The van der Waals surface area contributed by atoms with E-state index in [1.165, 1.54) is 11.8 Å². The summed E-state index contributed by atoms with van der Waals surface area (Å²) in [5.74, 6) is -1.11. The van der Waals surface area contributed by atoms with Gasteiger partial charge in [0.05, 0.1) is 36.4 Å². The zero-order valence-electron chi connectivity index (χ0n) is 30.8. The zero-order valence-corrected chi connectivity index (χ0v) is 30.8. The lowest BCUT2D eigenvalue weighted by Gasteiger charge is -2.37. The SMILES string of the molecule is CCC(O)C(C)C1OC1CC(C)(O)C=CC=C(C)C1OC(=O)CC(O)CCC(C)(O)C(OC(=O)N2CCN(CCCC(F)(F)F)CC2)C=CC1C. The minimum Gasteiger partial charge on any atom is -0.457 e. The molecule has 0 saturated carbocycles. The van der Waals surface area contributed by atoms with Gasteiger partial charge in [-0.1, -0.05) is 45.1 Å². The second-order valence-corrected chi connectivity index (χ2v) is 15.1. The molecule has 0 aromatic carbocycles. The number of hydrogen-bond acceptors (Lipinski definition) is 10. The van der Waals surface area contributed by atoms with Crippen molar-refractivity contribution >= 4 is 12.1 Å². The summed E-state index contributed by atoms with van der Waals surface area (Å²) >= 11 is 0. The zero-order chi connectivity index (χ0) is 38.1. The predicted octanol–water partition coefficient (Wildman–Crippen LogP) is 4.67. The number of piperazine rings is 1. The number of hydrogen-bond donors (Lipinski definition) is 4. The summed E-state index contributed by atoms with van der Waals surface area (Å²) in [7, 11) is 0. The molecule has 0 aliphatic carbocycles. The van der Waals surface area contributed by atoms with Crippen LogP contribution in [0.5, 0.6) is 0 Å². The Morgan fingerprint density at radius 1 is 1.22 bits per heavy atom. The van der Waals surface area contributed by atoms with Crippen molar-refractivity contribution < 1.29 is 57.4 Å². The monoisotopic (exact) mass is 732 g/mol. The molecule has 1 amide bonds. The van der Waals surface area contributed by atoms with Crippen LogP contribution in [0.4, 0.5) is 18.0 Å². The van der Waals surface area contributed by atoms with E-state index in [0.29, 0.717) is 31.5 Å². The molecule has 3 aliphatic rings. The van der Waals surface area contributed by atoms with Gasteiger partial charge in [0, 0.05) is 50.9 Å². The van der Waals surface area contributed by atoms with Gasteiger partial charge in [0.2, 0.25) is 0 Å². The van der Waals surface area contributed by atoms with Crippen molar-refractivity contribution in [2.75, 3.05) is 32.7 Å². The van der Waals surface area contributed by atoms with E-state index in [1.54, 1.807) is 51.2 Å². The average molecular weight is 733 g/mol. The summed E-state index contributed by atoms with van der Waals surface area (Å²) < 4.78 is 55.0. The first-order chi connectivity index (χ1) is 23.7. The fourth-order valence-electron chi connectivity index (χ4n) is 6.64. The normalized spacial score (nSPS) is 32.8. The van der Waals surface area contributed by atoms with Gasteiger partial charge in [-0.25, -0.2) is 4.79 Å². The third-order valence-corrected chi connectivity index (χ3v) is 10.2. The van der Waals surface area contributed by atoms with Crippen molar-refractivity contribution in [3.63, 3.8) is 0 Å². The van der Waals surface area contributed by atoms with E-state index in [2.05, 4.69) is 0 Å². The Kier molecular flexibility index (Phi) is 15.6. The highest BCUT2D eigenvalue weighted by molar-refractivity contribution is 5.70. The molecular formula is C37H59F3N2O9. The largest absolute Gasteiger partial charge is 0.457 e. The van der Waals surface area contributed by atoms with Crippen molar-refractivity contribution in [1.82, 2.24) is 9.80 Å². The summed E-state index contributed by atoms with van der Waals surface area (Å²) in [5.41, 5.74) is -2.15. The minimum atomic E-state index is -4.21. The molecule has 0 radical (unpaired) electrons. The number of amides is 1. The number of epoxide rings is 1. The van der Waals surface area contributed by atoms with Crippen LogP contribution in [-0.4, -0.2) is 129 Å². The molecule has 0 bridgehead atoms. The van der Waals surface area contributed by atoms with Crippen LogP contribution in [0.1, 0.15) is 86.5 Å². The molecule has 2 fully saturated rings. The number of carbonyl (C=O) groups excluding carboxylic acids is 2. The maximum Gasteiger partial charge on any atom is 0.410 e. The number of aliphatic hydroxyl groups is 4. The van der Waals surface area contributed by atoms with Crippen LogP contribution >= 0.6 is 0 Å². The topological polar surface area (TPSA) is 153 Å². The van der Waals surface area contributed by atoms with Gasteiger partial charge >= 0.3 is 18.2 Å². The number of allylic oxidation sites excluding steroid dienone is 2. The number of alkyl halides is 3. The summed E-state index contributed by atoms with van der Waals surface area (Å²) in [6.07, 6.45) is -0.509. The quantitative estimate of drug-likeness (QED) is 0.0965. The number of ether oxygens (including phenoxy) is 3. The van der Waals surface area contributed by atoms with E-state index in [-0.39, 0.29) is 63.4 Å². The number of cyclic esters (lactones) is 1. The Morgan fingerprint density at radius 3 is 2.51 bits per heavy atom. The second kappa shape index (κ2) is 18.5. The standard InChI is InChI=1S/C37H59F3N2O9/c1-7-28(44)26(4)33-29(49-33)23-35(5,47)14-8-10-24(2)32-25(3)11-12-30(36(6,48)16-13-27(43)22-31(45)51-32)50-34(46)42-20-18-41(19-21-42)17-9-15-37(38,39)40/h8,10-12,14,25-30,32-33,43-44,47-48H,7,9,13,15-23H2,1-6H3. The summed E-state index contributed by atoms with van der Waals surface area (Å²) in [4.78, 5) is 29.4. The van der Waals surface area contributed by atoms with Crippen molar-refractivity contribution in [2.45, 2.75) is 140 Å². The van der Waals surface area contributed by atoms with Gasteiger partial charge in [-0.2, -0.15) is 13.2 Å². The van der Waals surface area contributed by atoms with Crippen molar-refractivity contribution in [3.8, 4) is 0 Å². The van der Waals surface area contributed by atoms with Gasteiger partial charge < -0.3 is 39.5 Å². The first-order valence-electron chi connectivity index (χ1n) is 18.2. The van der Waals surface area contributed by atoms with Gasteiger partial charge in [-0.3, -0.25) is 9.69 Å². The van der Waals surface area contributed by atoms with Crippen molar-refractivity contribution in [3.05, 3.63) is 36.0 Å². The molecule has 292 valence electrons. The van der Waals surface area contributed by atoms with Crippen LogP contribution in [0.25, 0.3) is 0 Å². The van der Waals surface area contributed by atoms with Crippen LogP contribution in [0, 0.1) is 11.8 Å². The van der Waals surface area contributed by atoms with Crippen LogP contribution in [0.2, 0.25) is 0 Å². The predicted molar refractivity (Wildman–Crippen MR) is 184 cm³/mol. The number of carbonyl (C=O) groups is 2. The highest BCUT2D eigenvalue weighted by Crippen LogP contribution is 2.37. The molecule has 0 aromatic rings. The van der Waals surface area contributed by atoms with Gasteiger partial charge in [-0.15, -0.1) is 0 Å². The third-order valence-electron chi connectivity index (χ3n) is 10.2. The molecule has 51 heavy (non-hydrogen) atoms. The Labute approximate surface area is 300 Å². The molecule has 0 spiro atoms. The molecule has 0 aromatic heterocycles. The molecule has 3 rings (SSSR count). The fourth-order valence-corrected chi connectivity index (χ4v) is 6.64. The molecule has 14 heteroatoms. The lowest BCUT2D eigenvalue weighted by atomic mass is 9.88. The number of nitrogens with zero attached hydrogens (tertiary/aromatic N) is 2. The Hall–Kier alpha value is -2.49. The lowest BCUT2D eigenvalue weighted by molar-refractivity contribution is -0.151. The van der Waals surface area contributed by atoms with Crippen LogP contribution in [0.3, 0.4) is 0 Å². The van der Waals surface area contributed by atoms with Gasteiger partial charge in [0.25, 0.3) is 0 Å². The molecule has 3 heterocycles. The molecule has 10 atom stereocenters. The Morgan fingerprint density at radius 2 is 1.88 bits per heavy atom. The maximum atomic E-state index is 13.2. The average Bonchev–Trinajstić information content (AvgIpc) is 3.80. The lowest BCUT2D eigenvalue weighted by Crippen LogP contribution is -2.51. The molecule has 3 aliphatic heterocycles. The van der Waals surface area contributed by atoms with E-state index < -0.39 is 66.2 Å². The van der Waals surface area contributed by atoms with E-state index >= 15 is 0 Å². The second-order valence-electron chi connectivity index (χ2n) is 15.1. The highest BCUT2D eigenvalue weighted by atomic mass is 19.4. The van der Waals surface area contributed by atoms with Crippen molar-refractivity contribution in [2.24, 2.45) is 11.8 Å². The Bertz CT molecular complexity index is 1230. The molecule has 11 nitrogen and oxygen atoms in total. The minimum absolute atomic E-state index is 0.0168. The van der Waals surface area contributed by atoms with E-state index in [0.717, 1.165) is 0 Å². The van der Waals surface area contributed by atoms with E-state index in [9.17, 15) is 43.2 Å². The summed E-state index contributed by atoms with van der Waals surface area (Å²) in [6, 6.07) is 0. The van der Waals surface area contributed by atoms with Crippen LogP contribution in [-0.2, 0) is 19.0 Å². The summed E-state index contributed by atoms with van der Waals surface area (Å²) in [6.45, 7) is 12.2. The maximum absolute atomic E-state index is 13.2. The van der Waals surface area contributed by atoms with Crippen LogP contribution in [0.15, 0.2) is 36.0 Å². The summed E-state index contributed by atoms with van der Waals surface area (Å²) in [5, 5.41) is 43.2. The van der Waals surface area contributed by atoms with Crippen molar-refractivity contribution in [1.29, 1.82) is 0 Å². The van der Waals surface area contributed by atoms with Gasteiger partial charge in [-0.05, 0) is 64.6 Å². The van der Waals surface area contributed by atoms with E-state index in [1.807, 2.05) is 18.7 Å².